The summed E-state index contributed by atoms with van der Waals surface area (Å²) >= 11 is 0. The van der Waals surface area contributed by atoms with E-state index in [-0.39, 0.29) is 11.9 Å². The van der Waals surface area contributed by atoms with E-state index < -0.39 is 12.1 Å². The van der Waals surface area contributed by atoms with Crippen molar-refractivity contribution in [2.45, 2.75) is 59.1 Å². The van der Waals surface area contributed by atoms with Crippen LogP contribution in [0.25, 0.3) is 0 Å². The summed E-state index contributed by atoms with van der Waals surface area (Å²) < 4.78 is 10.6. The molecule has 1 amide bonds. The van der Waals surface area contributed by atoms with E-state index in [1.807, 2.05) is 13.0 Å². The molecule has 0 aliphatic heterocycles. The van der Waals surface area contributed by atoms with E-state index in [9.17, 15) is 9.59 Å². The molecule has 2 rings (SSSR count). The second kappa shape index (κ2) is 8.37. The SMILES string of the molecule is COc1ccc(C)cc1C(=O)O[C@@H](C)C(=O)N[C@H]1CCC[C@H](C)[C@@H]1C. The van der Waals surface area contributed by atoms with Crippen molar-refractivity contribution in [3.63, 3.8) is 0 Å². The standard InChI is InChI=1S/C20H29NO4/c1-12-9-10-18(24-5)16(11-12)20(23)25-15(4)19(22)21-17-8-6-7-13(2)14(17)3/h9-11,13-15,17H,6-8H2,1-5H3,(H,21,22)/t13-,14-,15-,17-/m0/s1. The molecule has 1 aromatic rings. The molecule has 1 aromatic carbocycles. The summed E-state index contributed by atoms with van der Waals surface area (Å²) in [5.41, 5.74) is 1.26. The molecule has 1 fully saturated rings. The first-order valence-corrected chi connectivity index (χ1v) is 8.99. The highest BCUT2D eigenvalue weighted by Crippen LogP contribution is 2.29. The summed E-state index contributed by atoms with van der Waals surface area (Å²) in [5.74, 6) is 0.669. The second-order valence-corrected chi connectivity index (χ2v) is 7.13. The summed E-state index contributed by atoms with van der Waals surface area (Å²) in [4.78, 5) is 24.8. The van der Waals surface area contributed by atoms with Gasteiger partial charge >= 0.3 is 5.97 Å². The predicted molar refractivity (Wildman–Crippen MR) is 96.7 cm³/mol. The summed E-state index contributed by atoms with van der Waals surface area (Å²) in [6, 6.07) is 5.43. The number of rotatable bonds is 5. The zero-order valence-electron chi connectivity index (χ0n) is 15.8. The van der Waals surface area contributed by atoms with Crippen LogP contribution in [-0.2, 0) is 9.53 Å². The zero-order valence-corrected chi connectivity index (χ0v) is 15.8. The highest BCUT2D eigenvalue weighted by molar-refractivity contribution is 5.94. The van der Waals surface area contributed by atoms with E-state index in [2.05, 4.69) is 19.2 Å². The second-order valence-electron chi connectivity index (χ2n) is 7.13. The molecule has 1 N–H and O–H groups in total. The minimum absolute atomic E-state index is 0.144. The normalized spacial score (nSPS) is 24.3. The van der Waals surface area contributed by atoms with Crippen LogP contribution in [-0.4, -0.2) is 31.1 Å². The largest absolute Gasteiger partial charge is 0.496 e. The van der Waals surface area contributed by atoms with E-state index in [4.69, 9.17) is 9.47 Å². The Morgan fingerprint density at radius 2 is 1.96 bits per heavy atom. The van der Waals surface area contributed by atoms with Gasteiger partial charge < -0.3 is 14.8 Å². The summed E-state index contributed by atoms with van der Waals surface area (Å²) in [5, 5.41) is 3.05. The lowest BCUT2D eigenvalue weighted by molar-refractivity contribution is -0.130. The van der Waals surface area contributed by atoms with E-state index in [1.165, 1.54) is 13.5 Å². The minimum atomic E-state index is -0.845. The lowest BCUT2D eigenvalue weighted by atomic mass is 9.78. The molecule has 1 saturated carbocycles. The van der Waals surface area contributed by atoms with Crippen LogP contribution in [0.4, 0.5) is 0 Å². The van der Waals surface area contributed by atoms with Gasteiger partial charge in [0.1, 0.15) is 11.3 Å². The van der Waals surface area contributed by atoms with Crippen molar-refractivity contribution in [1.82, 2.24) is 5.32 Å². The molecule has 138 valence electrons. The Morgan fingerprint density at radius 1 is 1.24 bits per heavy atom. The Hall–Kier alpha value is -2.04. The van der Waals surface area contributed by atoms with Crippen molar-refractivity contribution in [3.8, 4) is 5.75 Å². The van der Waals surface area contributed by atoms with E-state index in [0.29, 0.717) is 23.1 Å². The molecule has 5 nitrogen and oxygen atoms in total. The van der Waals surface area contributed by atoms with Crippen LogP contribution in [0.3, 0.4) is 0 Å². The lowest BCUT2D eigenvalue weighted by Crippen LogP contribution is -2.47. The van der Waals surface area contributed by atoms with Crippen LogP contribution in [0.2, 0.25) is 0 Å². The number of ether oxygens (including phenoxy) is 2. The third-order valence-electron chi connectivity index (χ3n) is 5.26. The number of hydrogen-bond donors (Lipinski definition) is 1. The van der Waals surface area contributed by atoms with Gasteiger partial charge in [0.15, 0.2) is 6.10 Å². The third kappa shape index (κ3) is 4.74. The summed E-state index contributed by atoms with van der Waals surface area (Å²) in [6.07, 6.45) is 2.45. The Bertz CT molecular complexity index is 628. The van der Waals surface area contributed by atoms with Crippen LogP contribution in [0.15, 0.2) is 18.2 Å². The van der Waals surface area contributed by atoms with Gasteiger partial charge in [-0.15, -0.1) is 0 Å². The molecule has 0 radical (unpaired) electrons. The Morgan fingerprint density at radius 3 is 2.64 bits per heavy atom. The molecule has 1 aliphatic rings. The summed E-state index contributed by atoms with van der Waals surface area (Å²) in [7, 11) is 1.50. The Kier molecular flexibility index (Phi) is 6.45. The lowest BCUT2D eigenvalue weighted by Gasteiger charge is -2.35. The number of methoxy groups -OCH3 is 1. The highest BCUT2D eigenvalue weighted by atomic mass is 16.5. The first-order valence-electron chi connectivity index (χ1n) is 8.99. The van der Waals surface area contributed by atoms with Crippen molar-refractivity contribution in [1.29, 1.82) is 0 Å². The molecule has 4 atom stereocenters. The summed E-state index contributed by atoms with van der Waals surface area (Å²) in [6.45, 7) is 7.88. The fourth-order valence-corrected chi connectivity index (χ4v) is 3.34. The molecule has 1 aliphatic carbocycles. The Balaban J connectivity index is 1.99. The van der Waals surface area contributed by atoms with Crippen molar-refractivity contribution < 1.29 is 19.1 Å². The minimum Gasteiger partial charge on any atom is -0.496 e. The van der Waals surface area contributed by atoms with Gasteiger partial charge in [-0.1, -0.05) is 38.3 Å². The number of nitrogens with one attached hydrogen (secondary N) is 1. The monoisotopic (exact) mass is 347 g/mol. The van der Waals surface area contributed by atoms with Gasteiger partial charge in [-0.25, -0.2) is 4.79 Å². The fraction of sp³-hybridized carbons (Fsp3) is 0.600. The number of benzene rings is 1. The molecule has 0 saturated heterocycles. The highest BCUT2D eigenvalue weighted by Gasteiger charge is 2.30. The van der Waals surface area contributed by atoms with Crippen LogP contribution in [0.5, 0.6) is 5.75 Å². The average molecular weight is 347 g/mol. The van der Waals surface area contributed by atoms with E-state index in [1.54, 1.807) is 19.1 Å². The number of carbonyl (C=O) groups is 2. The third-order valence-corrected chi connectivity index (χ3v) is 5.26. The Labute approximate surface area is 150 Å². The first-order chi connectivity index (χ1) is 11.8. The molecule has 5 heteroatoms. The molecule has 0 bridgehead atoms. The van der Waals surface area contributed by atoms with Crippen LogP contribution in [0, 0.1) is 18.8 Å². The number of carbonyl (C=O) groups excluding carboxylic acids is 2. The van der Waals surface area contributed by atoms with Crippen LogP contribution >= 0.6 is 0 Å². The van der Waals surface area contributed by atoms with Gasteiger partial charge in [0.2, 0.25) is 0 Å². The molecular formula is C20H29NO4. The number of amides is 1. The van der Waals surface area contributed by atoms with Crippen LogP contribution in [0.1, 0.15) is 56.0 Å². The van der Waals surface area contributed by atoms with Gasteiger partial charge in [-0.3, -0.25) is 4.79 Å². The van der Waals surface area contributed by atoms with E-state index in [0.717, 1.165) is 18.4 Å². The average Bonchev–Trinajstić information content (AvgIpc) is 2.58. The first kappa shape index (κ1) is 19.3. The van der Waals surface area contributed by atoms with Crippen molar-refractivity contribution in [2.24, 2.45) is 11.8 Å². The fourth-order valence-electron chi connectivity index (χ4n) is 3.34. The smallest absolute Gasteiger partial charge is 0.342 e. The van der Waals surface area contributed by atoms with Crippen molar-refractivity contribution in [3.05, 3.63) is 29.3 Å². The number of hydrogen-bond acceptors (Lipinski definition) is 4. The van der Waals surface area contributed by atoms with Gasteiger partial charge in [-0.2, -0.15) is 0 Å². The van der Waals surface area contributed by atoms with Crippen LogP contribution < -0.4 is 10.1 Å². The number of esters is 1. The molecule has 25 heavy (non-hydrogen) atoms. The quantitative estimate of drug-likeness (QED) is 0.828. The zero-order chi connectivity index (χ0) is 18.6. The molecule has 0 spiro atoms. The molecular weight excluding hydrogens is 318 g/mol. The van der Waals surface area contributed by atoms with Crippen molar-refractivity contribution in [2.75, 3.05) is 7.11 Å². The number of aryl methyl sites for hydroxylation is 1. The van der Waals surface area contributed by atoms with Gasteiger partial charge in [0.25, 0.3) is 5.91 Å². The molecule has 0 heterocycles. The van der Waals surface area contributed by atoms with Crippen molar-refractivity contribution >= 4 is 11.9 Å². The topological polar surface area (TPSA) is 64.6 Å². The molecule has 0 aromatic heterocycles. The maximum Gasteiger partial charge on any atom is 0.342 e. The van der Waals surface area contributed by atoms with Gasteiger partial charge in [-0.05, 0) is 44.2 Å². The maximum absolute atomic E-state index is 12.4. The van der Waals surface area contributed by atoms with E-state index >= 15 is 0 Å². The van der Waals surface area contributed by atoms with Gasteiger partial charge in [0, 0.05) is 6.04 Å². The predicted octanol–water partition coefficient (Wildman–Crippen LogP) is 3.49. The maximum atomic E-state index is 12.4. The molecule has 0 unspecified atom stereocenters. The van der Waals surface area contributed by atoms with Gasteiger partial charge in [0.05, 0.1) is 7.11 Å².